The van der Waals surface area contributed by atoms with E-state index >= 15 is 0 Å². The largest absolute Gasteiger partial charge is 0.388 e. The number of piperidine rings is 1. The van der Waals surface area contributed by atoms with E-state index in [9.17, 15) is 14.7 Å². The van der Waals surface area contributed by atoms with Crippen LogP contribution >= 0.6 is 0 Å². The van der Waals surface area contributed by atoms with E-state index in [1.54, 1.807) is 4.57 Å². The van der Waals surface area contributed by atoms with Crippen LogP contribution in [-0.2, 0) is 16.8 Å². The van der Waals surface area contributed by atoms with Gasteiger partial charge in [0, 0.05) is 31.9 Å². The van der Waals surface area contributed by atoms with Crippen LogP contribution in [0.3, 0.4) is 0 Å². The van der Waals surface area contributed by atoms with Gasteiger partial charge in [0.1, 0.15) is 6.33 Å². The van der Waals surface area contributed by atoms with Gasteiger partial charge in [-0.2, -0.15) is 0 Å². The highest BCUT2D eigenvalue weighted by Crippen LogP contribution is 2.45. The first-order valence-electron chi connectivity index (χ1n) is 11.8. The van der Waals surface area contributed by atoms with Crippen molar-refractivity contribution < 1.29 is 14.7 Å². The van der Waals surface area contributed by atoms with Crippen molar-refractivity contribution in [3.05, 3.63) is 42.0 Å². The Kier molecular flexibility index (Phi) is 4.63. The summed E-state index contributed by atoms with van der Waals surface area (Å²) in [4.78, 5) is 41.5. The van der Waals surface area contributed by atoms with Crippen LogP contribution in [0.25, 0.3) is 11.2 Å². The number of anilines is 2. The monoisotopic (exact) mass is 461 g/mol. The number of amides is 2. The van der Waals surface area contributed by atoms with Crippen molar-refractivity contribution in [2.45, 2.75) is 50.2 Å². The van der Waals surface area contributed by atoms with Crippen LogP contribution in [-0.4, -0.2) is 61.7 Å². The van der Waals surface area contributed by atoms with Gasteiger partial charge in [0.2, 0.25) is 11.7 Å². The van der Waals surface area contributed by atoms with E-state index < -0.39 is 11.0 Å². The fourth-order valence-corrected chi connectivity index (χ4v) is 5.24. The Morgan fingerprint density at radius 1 is 1.18 bits per heavy atom. The summed E-state index contributed by atoms with van der Waals surface area (Å²) in [5.74, 6) is 0.672. The van der Waals surface area contributed by atoms with Crippen LogP contribution in [0.5, 0.6) is 0 Å². The molecule has 10 nitrogen and oxygen atoms in total. The molecule has 1 aliphatic carbocycles. The molecule has 1 saturated heterocycles. The number of carbonyl (C=O) groups is 2. The first-order chi connectivity index (χ1) is 16.4. The summed E-state index contributed by atoms with van der Waals surface area (Å²) in [7, 11) is 0. The molecule has 4 heterocycles. The second-order valence-corrected chi connectivity index (χ2v) is 9.53. The van der Waals surface area contributed by atoms with Gasteiger partial charge >= 0.3 is 0 Å². The van der Waals surface area contributed by atoms with Gasteiger partial charge in [-0.25, -0.2) is 15.0 Å². The van der Waals surface area contributed by atoms with Crippen LogP contribution < -0.4 is 15.5 Å². The molecule has 6 rings (SSSR count). The lowest BCUT2D eigenvalue weighted by atomic mass is 9.73. The summed E-state index contributed by atoms with van der Waals surface area (Å²) in [6.07, 6.45) is 4.24. The van der Waals surface area contributed by atoms with Gasteiger partial charge in [-0.15, -0.1) is 0 Å². The van der Waals surface area contributed by atoms with E-state index in [4.69, 9.17) is 0 Å². The number of fused-ring (bicyclic) bond motifs is 3. The number of nitrogens with zero attached hydrogens (tertiary/aromatic N) is 5. The number of para-hydroxylation sites is 1. The van der Waals surface area contributed by atoms with Crippen molar-refractivity contribution in [2.24, 2.45) is 0 Å². The zero-order chi connectivity index (χ0) is 23.5. The van der Waals surface area contributed by atoms with Gasteiger partial charge in [-0.1, -0.05) is 18.2 Å². The summed E-state index contributed by atoms with van der Waals surface area (Å²) in [6, 6.07) is 7.91. The maximum atomic E-state index is 12.9. The van der Waals surface area contributed by atoms with Gasteiger partial charge in [0.25, 0.3) is 5.91 Å². The molecule has 0 atom stereocenters. The standard InChI is InChI=1S/C24H27N7O3/c1-2-31-19-17(29-20(31)21(32)25-13-23(34)7-8-23)18(26-14-27-19)30-11-9-24(10-12-30)15-5-3-4-6-16(15)28-22(24)33/h3-6,14,34H,2,7-13H2,1H3,(H,25,32)(H,28,33). The molecular formula is C24H27N7O3. The molecule has 0 bridgehead atoms. The summed E-state index contributed by atoms with van der Waals surface area (Å²) in [5, 5.41) is 15.9. The predicted octanol–water partition coefficient (Wildman–Crippen LogP) is 1.59. The zero-order valence-electron chi connectivity index (χ0n) is 19.0. The van der Waals surface area contributed by atoms with Crippen molar-refractivity contribution in [3.63, 3.8) is 0 Å². The van der Waals surface area contributed by atoms with Gasteiger partial charge in [0.05, 0.1) is 11.0 Å². The van der Waals surface area contributed by atoms with Crippen LogP contribution in [0.4, 0.5) is 11.5 Å². The third-order valence-electron chi connectivity index (χ3n) is 7.48. The number of hydrogen-bond acceptors (Lipinski definition) is 7. The highest BCUT2D eigenvalue weighted by Gasteiger charge is 2.48. The number of aryl methyl sites for hydroxylation is 1. The number of aliphatic hydroxyl groups is 1. The summed E-state index contributed by atoms with van der Waals surface area (Å²) in [6.45, 7) is 3.97. The second-order valence-electron chi connectivity index (χ2n) is 9.53. The molecule has 2 fully saturated rings. The number of benzene rings is 1. The Bertz CT molecular complexity index is 1310. The molecular weight excluding hydrogens is 434 g/mol. The fourth-order valence-electron chi connectivity index (χ4n) is 5.24. The van der Waals surface area contributed by atoms with Crippen LogP contribution in [0.1, 0.15) is 48.8 Å². The Labute approximate surface area is 196 Å². The lowest BCUT2D eigenvalue weighted by Gasteiger charge is -2.38. The van der Waals surface area contributed by atoms with Crippen LogP contribution in [0, 0.1) is 0 Å². The normalized spacial score (nSPS) is 19.8. The van der Waals surface area contributed by atoms with E-state index in [0.717, 1.165) is 11.3 Å². The molecule has 1 spiro atoms. The number of hydrogen-bond donors (Lipinski definition) is 3. The van der Waals surface area contributed by atoms with E-state index in [0.29, 0.717) is 62.3 Å². The number of imidazole rings is 1. The molecule has 10 heteroatoms. The Morgan fingerprint density at radius 3 is 2.68 bits per heavy atom. The summed E-state index contributed by atoms with van der Waals surface area (Å²) < 4.78 is 1.78. The predicted molar refractivity (Wildman–Crippen MR) is 126 cm³/mol. The minimum Gasteiger partial charge on any atom is -0.388 e. The van der Waals surface area contributed by atoms with E-state index in [1.165, 1.54) is 6.33 Å². The van der Waals surface area contributed by atoms with E-state index in [1.807, 2.05) is 31.2 Å². The molecule has 0 unspecified atom stereocenters. The average molecular weight is 462 g/mol. The van der Waals surface area contributed by atoms with Crippen molar-refractivity contribution >= 4 is 34.5 Å². The topological polar surface area (TPSA) is 125 Å². The van der Waals surface area contributed by atoms with Crippen molar-refractivity contribution in [2.75, 3.05) is 29.9 Å². The molecule has 0 radical (unpaired) electrons. The maximum absolute atomic E-state index is 12.9. The summed E-state index contributed by atoms with van der Waals surface area (Å²) in [5.41, 5.74) is 1.85. The SMILES string of the molecule is CCn1c(C(=O)NCC2(O)CC2)nc2c(N3CCC4(CC3)C(=O)Nc3ccccc34)ncnc21. The molecule has 2 amide bonds. The lowest BCUT2D eigenvalue weighted by molar-refractivity contribution is -0.121. The quantitative estimate of drug-likeness (QED) is 0.527. The number of carbonyl (C=O) groups excluding carboxylic acids is 2. The minimum atomic E-state index is -0.779. The van der Waals surface area contributed by atoms with Crippen LogP contribution in [0.15, 0.2) is 30.6 Å². The molecule has 2 aliphatic heterocycles. The molecule has 34 heavy (non-hydrogen) atoms. The molecule has 3 aromatic rings. The van der Waals surface area contributed by atoms with Gasteiger partial charge in [0.15, 0.2) is 17.0 Å². The minimum absolute atomic E-state index is 0.0627. The Morgan fingerprint density at radius 2 is 1.94 bits per heavy atom. The zero-order valence-corrected chi connectivity index (χ0v) is 19.0. The van der Waals surface area contributed by atoms with Crippen molar-refractivity contribution in [1.29, 1.82) is 0 Å². The third kappa shape index (κ3) is 3.16. The lowest BCUT2D eigenvalue weighted by Crippen LogP contribution is -2.46. The molecule has 2 aromatic heterocycles. The number of nitrogens with one attached hydrogen (secondary N) is 2. The van der Waals surface area contributed by atoms with E-state index in [-0.39, 0.29) is 24.2 Å². The summed E-state index contributed by atoms with van der Waals surface area (Å²) >= 11 is 0. The fraction of sp³-hybridized carbons (Fsp3) is 0.458. The highest BCUT2D eigenvalue weighted by atomic mass is 16.3. The molecule has 3 aliphatic rings. The van der Waals surface area contributed by atoms with Gasteiger partial charge < -0.3 is 25.2 Å². The van der Waals surface area contributed by atoms with Crippen molar-refractivity contribution in [3.8, 4) is 0 Å². The first-order valence-corrected chi connectivity index (χ1v) is 11.8. The number of aromatic nitrogens is 4. The van der Waals surface area contributed by atoms with Crippen LogP contribution in [0.2, 0.25) is 0 Å². The first kappa shape index (κ1) is 21.0. The Balaban J connectivity index is 1.29. The molecule has 1 aromatic carbocycles. The molecule has 1 saturated carbocycles. The molecule has 176 valence electrons. The third-order valence-corrected chi connectivity index (χ3v) is 7.48. The highest BCUT2D eigenvalue weighted by molar-refractivity contribution is 6.06. The number of rotatable bonds is 5. The second kappa shape index (κ2) is 7.49. The maximum Gasteiger partial charge on any atom is 0.287 e. The smallest absolute Gasteiger partial charge is 0.287 e. The molecule has 3 N–H and O–H groups in total. The van der Waals surface area contributed by atoms with E-state index in [2.05, 4.69) is 30.5 Å². The van der Waals surface area contributed by atoms with Gasteiger partial charge in [-0.3, -0.25) is 9.59 Å². The van der Waals surface area contributed by atoms with Crippen molar-refractivity contribution in [1.82, 2.24) is 24.8 Å². The van der Waals surface area contributed by atoms with Gasteiger partial charge in [-0.05, 0) is 44.2 Å². The Hall–Kier alpha value is -3.53. The average Bonchev–Trinajstić information content (AvgIpc) is 3.38.